The molecule has 9 heteroatoms. The van der Waals surface area contributed by atoms with Crippen LogP contribution in [0.4, 0.5) is 0 Å². The van der Waals surface area contributed by atoms with Crippen molar-refractivity contribution >= 4 is 51.2 Å². The van der Waals surface area contributed by atoms with Gasteiger partial charge in [0.1, 0.15) is 11.4 Å². The van der Waals surface area contributed by atoms with Gasteiger partial charge in [-0.3, -0.25) is 19.3 Å². The number of hydrogen-bond donors (Lipinski definition) is 1. The number of halogens is 1. The van der Waals surface area contributed by atoms with Crippen LogP contribution in [0.5, 0.6) is 5.75 Å². The maximum atomic E-state index is 12.9. The second-order valence-electron chi connectivity index (χ2n) is 10.0. The zero-order valence-corrected chi connectivity index (χ0v) is 24.1. The lowest BCUT2D eigenvalue weighted by Gasteiger charge is -2.59. The summed E-state index contributed by atoms with van der Waals surface area (Å²) in [5.74, 6) is -0.443. The Labute approximate surface area is 236 Å². The average molecular weight is 602 g/mol. The fraction of sp³-hybridized carbons (Fsp3) is 0.414. The Hall–Kier alpha value is -2.75. The molecule has 7 nitrogen and oxygen atoms in total. The van der Waals surface area contributed by atoms with Crippen LogP contribution in [0.3, 0.4) is 0 Å². The molecule has 1 saturated carbocycles. The van der Waals surface area contributed by atoms with Crippen molar-refractivity contribution < 1.29 is 23.9 Å². The Morgan fingerprint density at radius 2 is 2.05 bits per heavy atom. The normalized spacial score (nSPS) is 25.4. The van der Waals surface area contributed by atoms with Crippen LogP contribution in [-0.2, 0) is 24.5 Å². The van der Waals surface area contributed by atoms with Crippen molar-refractivity contribution in [2.45, 2.75) is 56.6 Å². The summed E-state index contributed by atoms with van der Waals surface area (Å²) in [6.45, 7) is 8.74. The van der Waals surface area contributed by atoms with Crippen LogP contribution in [-0.4, -0.2) is 54.0 Å². The van der Waals surface area contributed by atoms with Gasteiger partial charge in [-0.1, -0.05) is 18.2 Å². The summed E-state index contributed by atoms with van der Waals surface area (Å²) in [6, 6.07) is 9.34. The van der Waals surface area contributed by atoms with Gasteiger partial charge in [0.05, 0.1) is 0 Å². The maximum Gasteiger partial charge on any atom is 0.308 e. The van der Waals surface area contributed by atoms with Crippen molar-refractivity contribution in [3.05, 3.63) is 69.4 Å². The number of nitrogens with zero attached hydrogens (tertiary/aromatic N) is 1. The number of nitrogens with one attached hydrogen (secondary N) is 1. The van der Waals surface area contributed by atoms with Crippen molar-refractivity contribution in [2.75, 3.05) is 19.6 Å². The van der Waals surface area contributed by atoms with Gasteiger partial charge in [-0.2, -0.15) is 0 Å². The molecule has 1 N–H and O–H groups in total. The minimum Gasteiger partial charge on any atom is -0.457 e. The van der Waals surface area contributed by atoms with E-state index in [1.807, 2.05) is 41.8 Å². The molecule has 4 rings (SSSR count). The summed E-state index contributed by atoms with van der Waals surface area (Å²) in [6.07, 6.45) is 7.80. The molecule has 0 spiro atoms. The summed E-state index contributed by atoms with van der Waals surface area (Å²) in [5.41, 5.74) is -0.436. The first-order valence-corrected chi connectivity index (χ1v) is 14.4. The summed E-state index contributed by atoms with van der Waals surface area (Å²) in [5, 5.41) is 5.16. The third-order valence-corrected chi connectivity index (χ3v) is 9.06. The second-order valence-corrected chi connectivity index (χ2v) is 11.9. The van der Waals surface area contributed by atoms with Gasteiger partial charge in [-0.05, 0) is 78.0 Å². The highest BCUT2D eigenvalue weighted by atomic mass is 79.9. The first kappa shape index (κ1) is 28.3. The maximum absolute atomic E-state index is 12.9. The smallest absolute Gasteiger partial charge is 0.308 e. The Bertz CT molecular complexity index is 1240. The zero-order valence-electron chi connectivity index (χ0n) is 21.7. The standard InChI is InChI=1S/C29H33BrN2O5S/c1-4-13-32-14-12-28(22-6-5-7-25(15-22)36-20(2)33)17-24(10-11-29(28,19-32)37-21(3)34)31-27(35)9-8-26-16-23(30)18-38-26/h4-9,15-16,18,24H,1,10-14,17,19H2,2-3H3,(H,31,35)/b9-8+/t24-,28+,29+/m1/s1. The van der Waals surface area contributed by atoms with Crippen LogP contribution < -0.4 is 10.1 Å². The van der Waals surface area contributed by atoms with E-state index >= 15 is 0 Å². The molecule has 2 heterocycles. The molecule has 1 amide bonds. The van der Waals surface area contributed by atoms with Crippen molar-refractivity contribution in [1.82, 2.24) is 10.2 Å². The predicted molar refractivity (Wildman–Crippen MR) is 152 cm³/mol. The number of likely N-dealkylation sites (tertiary alicyclic amines) is 1. The lowest BCUT2D eigenvalue weighted by Crippen LogP contribution is -2.68. The molecule has 0 bridgehead atoms. The monoisotopic (exact) mass is 600 g/mol. The molecule has 38 heavy (non-hydrogen) atoms. The first-order valence-electron chi connectivity index (χ1n) is 12.7. The van der Waals surface area contributed by atoms with Crippen molar-refractivity contribution in [3.63, 3.8) is 0 Å². The molecule has 1 aliphatic carbocycles. The molecular weight excluding hydrogens is 568 g/mol. The molecule has 0 unspecified atom stereocenters. The first-order chi connectivity index (χ1) is 18.1. The van der Waals surface area contributed by atoms with Gasteiger partial charge in [-0.15, -0.1) is 17.9 Å². The third-order valence-electron chi connectivity index (χ3n) is 7.41. The highest BCUT2D eigenvalue weighted by molar-refractivity contribution is 9.10. The van der Waals surface area contributed by atoms with E-state index in [4.69, 9.17) is 9.47 Å². The summed E-state index contributed by atoms with van der Waals surface area (Å²) in [7, 11) is 0. The number of thiophene rings is 1. The van der Waals surface area contributed by atoms with Crippen LogP contribution in [0.25, 0.3) is 6.08 Å². The molecule has 1 saturated heterocycles. The minimum atomic E-state index is -0.796. The summed E-state index contributed by atoms with van der Waals surface area (Å²) >= 11 is 4.99. The SMILES string of the molecule is C=CCN1CC[C@@]2(c3cccc(OC(C)=O)c3)C[C@H](NC(=O)/C=C/c3cc(Br)cs3)CC[C@]2(OC(C)=O)C1. The number of amides is 1. The topological polar surface area (TPSA) is 84.9 Å². The van der Waals surface area contributed by atoms with Gasteiger partial charge < -0.3 is 14.8 Å². The highest BCUT2D eigenvalue weighted by Crippen LogP contribution is 2.54. The van der Waals surface area contributed by atoms with E-state index in [1.54, 1.807) is 23.5 Å². The number of carbonyl (C=O) groups excluding carboxylic acids is 3. The van der Waals surface area contributed by atoms with E-state index in [2.05, 4.69) is 32.7 Å². The number of hydrogen-bond acceptors (Lipinski definition) is 7. The molecule has 0 radical (unpaired) electrons. The second kappa shape index (κ2) is 12.0. The van der Waals surface area contributed by atoms with Gasteiger partial charge >= 0.3 is 11.9 Å². The predicted octanol–water partition coefficient (Wildman–Crippen LogP) is 5.25. The van der Waals surface area contributed by atoms with Crippen LogP contribution >= 0.6 is 27.3 Å². The largest absolute Gasteiger partial charge is 0.457 e. The molecular formula is C29H33BrN2O5S. The van der Waals surface area contributed by atoms with Gasteiger partial charge in [0.2, 0.25) is 5.91 Å². The van der Waals surface area contributed by atoms with Crippen LogP contribution in [0.2, 0.25) is 0 Å². The van der Waals surface area contributed by atoms with Gasteiger partial charge in [0.25, 0.3) is 0 Å². The number of fused-ring (bicyclic) bond motifs is 1. The number of carbonyl (C=O) groups is 3. The van der Waals surface area contributed by atoms with Gasteiger partial charge in [0.15, 0.2) is 0 Å². The molecule has 2 aromatic rings. The summed E-state index contributed by atoms with van der Waals surface area (Å²) in [4.78, 5) is 40.3. The van der Waals surface area contributed by atoms with E-state index in [1.165, 1.54) is 13.8 Å². The minimum absolute atomic E-state index is 0.116. The molecule has 1 aromatic carbocycles. The average Bonchev–Trinajstić information content (AvgIpc) is 3.27. The molecule has 2 aliphatic rings. The number of esters is 2. The summed E-state index contributed by atoms with van der Waals surface area (Å²) < 4.78 is 12.6. The molecule has 1 aliphatic heterocycles. The lowest BCUT2D eigenvalue weighted by atomic mass is 9.55. The molecule has 3 atom stereocenters. The van der Waals surface area contributed by atoms with E-state index < -0.39 is 17.0 Å². The number of piperidine rings is 1. The molecule has 2 fully saturated rings. The Morgan fingerprint density at radius 3 is 2.74 bits per heavy atom. The van der Waals surface area contributed by atoms with E-state index in [9.17, 15) is 14.4 Å². The van der Waals surface area contributed by atoms with Crippen molar-refractivity contribution in [2.24, 2.45) is 0 Å². The number of benzene rings is 1. The molecule has 1 aromatic heterocycles. The van der Waals surface area contributed by atoms with Crippen molar-refractivity contribution in [1.29, 1.82) is 0 Å². The fourth-order valence-electron chi connectivity index (χ4n) is 5.99. The lowest BCUT2D eigenvalue weighted by molar-refractivity contribution is -0.186. The van der Waals surface area contributed by atoms with E-state index in [-0.39, 0.29) is 17.9 Å². The zero-order chi connectivity index (χ0) is 27.3. The van der Waals surface area contributed by atoms with Gasteiger partial charge in [0, 0.05) is 59.2 Å². The third kappa shape index (κ3) is 6.27. The number of rotatable bonds is 8. The van der Waals surface area contributed by atoms with Gasteiger partial charge in [-0.25, -0.2) is 0 Å². The highest BCUT2D eigenvalue weighted by Gasteiger charge is 2.60. The van der Waals surface area contributed by atoms with Crippen molar-refractivity contribution in [3.8, 4) is 5.75 Å². The van der Waals surface area contributed by atoms with E-state index in [0.29, 0.717) is 44.5 Å². The Kier molecular flexibility index (Phi) is 8.90. The number of ether oxygens (including phenoxy) is 2. The quantitative estimate of drug-likeness (QED) is 0.193. The molecule has 202 valence electrons. The van der Waals surface area contributed by atoms with E-state index in [0.717, 1.165) is 21.5 Å². The fourth-order valence-corrected chi connectivity index (χ4v) is 7.33. The van der Waals surface area contributed by atoms with Crippen LogP contribution in [0.1, 0.15) is 50.0 Å². The van der Waals surface area contributed by atoms with Crippen LogP contribution in [0.15, 0.2) is 58.9 Å². The Morgan fingerprint density at radius 1 is 1.24 bits per heavy atom. The Balaban J connectivity index is 1.68. The van der Waals surface area contributed by atoms with Crippen LogP contribution in [0, 0.1) is 0 Å².